The van der Waals surface area contributed by atoms with Gasteiger partial charge in [-0.2, -0.15) is 0 Å². The molecule has 1 N–H and O–H groups in total. The molecule has 10 heteroatoms. The summed E-state index contributed by atoms with van der Waals surface area (Å²) in [6, 6.07) is 13.8. The van der Waals surface area contributed by atoms with Gasteiger partial charge in [-0.25, -0.2) is 23.1 Å². The molecular weight excluding hydrogens is 384 g/mol. The number of ether oxygens (including phenoxy) is 1. The molecule has 0 radical (unpaired) electrons. The first kappa shape index (κ1) is 19.4. The molecule has 144 valence electrons. The topological polar surface area (TPSA) is 124 Å². The fourth-order valence-corrected chi connectivity index (χ4v) is 3.47. The number of hydrogen-bond acceptors (Lipinski definition) is 7. The van der Waals surface area contributed by atoms with Crippen molar-refractivity contribution in [2.24, 2.45) is 0 Å². The van der Waals surface area contributed by atoms with Gasteiger partial charge in [0.1, 0.15) is 12.1 Å². The van der Waals surface area contributed by atoms with Gasteiger partial charge in [-0.3, -0.25) is 10.1 Å². The Labute approximate surface area is 161 Å². The van der Waals surface area contributed by atoms with Crippen LogP contribution in [-0.2, 0) is 16.6 Å². The quantitative estimate of drug-likeness (QED) is 0.477. The van der Waals surface area contributed by atoms with E-state index >= 15 is 0 Å². The van der Waals surface area contributed by atoms with Gasteiger partial charge in [0, 0.05) is 17.7 Å². The summed E-state index contributed by atoms with van der Waals surface area (Å²) in [5, 5.41) is 10.8. The highest BCUT2D eigenvalue weighted by Gasteiger charge is 2.17. The SMILES string of the molecule is COc1ccc(-c2cc(CNS(=O)(=O)c3cccc([N+](=O)[O-])c3)ncn2)cc1. The van der Waals surface area contributed by atoms with Crippen LogP contribution < -0.4 is 9.46 Å². The highest BCUT2D eigenvalue weighted by molar-refractivity contribution is 7.89. The number of non-ortho nitro benzene ring substituents is 1. The predicted molar refractivity (Wildman–Crippen MR) is 101 cm³/mol. The summed E-state index contributed by atoms with van der Waals surface area (Å²) in [5.74, 6) is 0.711. The van der Waals surface area contributed by atoms with Crippen molar-refractivity contribution in [3.05, 3.63) is 76.7 Å². The number of hydrogen-bond donors (Lipinski definition) is 1. The van der Waals surface area contributed by atoms with Gasteiger partial charge in [-0.1, -0.05) is 6.07 Å². The van der Waals surface area contributed by atoms with E-state index in [-0.39, 0.29) is 17.1 Å². The lowest BCUT2D eigenvalue weighted by Gasteiger charge is -2.08. The molecule has 0 aliphatic carbocycles. The Balaban J connectivity index is 1.77. The molecule has 0 fully saturated rings. The summed E-state index contributed by atoms with van der Waals surface area (Å²) in [6.07, 6.45) is 1.34. The van der Waals surface area contributed by atoms with Crippen LogP contribution in [0.3, 0.4) is 0 Å². The van der Waals surface area contributed by atoms with E-state index in [4.69, 9.17) is 4.74 Å². The number of nitrogens with zero attached hydrogens (tertiary/aromatic N) is 3. The van der Waals surface area contributed by atoms with E-state index in [2.05, 4.69) is 14.7 Å². The number of sulfonamides is 1. The van der Waals surface area contributed by atoms with Crippen LogP contribution in [0.4, 0.5) is 5.69 Å². The summed E-state index contributed by atoms with van der Waals surface area (Å²) >= 11 is 0. The zero-order valence-electron chi connectivity index (χ0n) is 14.8. The Morgan fingerprint density at radius 2 is 1.86 bits per heavy atom. The van der Waals surface area contributed by atoms with Gasteiger partial charge in [0.05, 0.1) is 34.9 Å². The molecule has 0 bridgehead atoms. The van der Waals surface area contributed by atoms with Crippen molar-refractivity contribution in [1.82, 2.24) is 14.7 Å². The molecule has 2 aromatic carbocycles. The van der Waals surface area contributed by atoms with Crippen molar-refractivity contribution >= 4 is 15.7 Å². The third kappa shape index (κ3) is 4.48. The Hall–Kier alpha value is -3.37. The van der Waals surface area contributed by atoms with Crippen molar-refractivity contribution in [2.75, 3.05) is 7.11 Å². The zero-order chi connectivity index (χ0) is 20.1. The zero-order valence-corrected chi connectivity index (χ0v) is 15.6. The molecule has 0 aliphatic heterocycles. The molecule has 0 aliphatic rings. The van der Waals surface area contributed by atoms with E-state index in [0.29, 0.717) is 17.1 Å². The number of methoxy groups -OCH3 is 1. The number of benzene rings is 2. The Bertz CT molecular complexity index is 1100. The summed E-state index contributed by atoms with van der Waals surface area (Å²) < 4.78 is 32.3. The van der Waals surface area contributed by atoms with Crippen LogP contribution in [0.1, 0.15) is 5.69 Å². The highest BCUT2D eigenvalue weighted by atomic mass is 32.2. The molecule has 1 aromatic heterocycles. The van der Waals surface area contributed by atoms with Gasteiger partial charge in [0.25, 0.3) is 5.69 Å². The largest absolute Gasteiger partial charge is 0.497 e. The van der Waals surface area contributed by atoms with E-state index in [0.717, 1.165) is 11.6 Å². The maximum atomic E-state index is 12.4. The molecular formula is C18H16N4O5S. The molecule has 0 saturated heterocycles. The number of nitro benzene ring substituents is 1. The maximum Gasteiger partial charge on any atom is 0.270 e. The molecule has 0 saturated carbocycles. The second-order valence-electron chi connectivity index (χ2n) is 5.70. The van der Waals surface area contributed by atoms with Gasteiger partial charge < -0.3 is 4.74 Å². The third-order valence-electron chi connectivity index (χ3n) is 3.89. The fraction of sp³-hybridized carbons (Fsp3) is 0.111. The van der Waals surface area contributed by atoms with E-state index in [1.807, 2.05) is 12.1 Å². The monoisotopic (exact) mass is 400 g/mol. The fourth-order valence-electron chi connectivity index (χ4n) is 2.43. The molecule has 0 atom stereocenters. The third-order valence-corrected chi connectivity index (χ3v) is 5.29. The molecule has 3 rings (SSSR count). The van der Waals surface area contributed by atoms with Gasteiger partial charge in [0.15, 0.2) is 0 Å². The van der Waals surface area contributed by atoms with Crippen LogP contribution in [0.2, 0.25) is 0 Å². The first-order chi connectivity index (χ1) is 13.4. The molecule has 28 heavy (non-hydrogen) atoms. The van der Waals surface area contributed by atoms with Crippen molar-refractivity contribution in [2.45, 2.75) is 11.4 Å². The summed E-state index contributed by atoms with van der Waals surface area (Å²) in [6.45, 7) is -0.0866. The first-order valence-corrected chi connectivity index (χ1v) is 9.57. The first-order valence-electron chi connectivity index (χ1n) is 8.08. The minimum Gasteiger partial charge on any atom is -0.497 e. The summed E-state index contributed by atoms with van der Waals surface area (Å²) in [7, 11) is -2.36. The van der Waals surface area contributed by atoms with Crippen molar-refractivity contribution in [1.29, 1.82) is 0 Å². The standard InChI is InChI=1S/C18H16N4O5S/c1-27-16-7-5-13(6-8-16)18-9-14(19-12-20-18)11-21-28(25,26)17-4-2-3-15(10-17)22(23)24/h2-10,12,21H,11H2,1H3. The molecule has 0 amide bonds. The average molecular weight is 400 g/mol. The Kier molecular flexibility index (Phi) is 5.62. The smallest absolute Gasteiger partial charge is 0.270 e. The van der Waals surface area contributed by atoms with Gasteiger partial charge in [0.2, 0.25) is 10.0 Å². The number of aromatic nitrogens is 2. The van der Waals surface area contributed by atoms with Crippen molar-refractivity contribution in [3.63, 3.8) is 0 Å². The van der Waals surface area contributed by atoms with E-state index in [1.54, 1.807) is 25.3 Å². The summed E-state index contributed by atoms with van der Waals surface area (Å²) in [4.78, 5) is 18.3. The second-order valence-corrected chi connectivity index (χ2v) is 7.47. The minimum atomic E-state index is -3.93. The van der Waals surface area contributed by atoms with E-state index < -0.39 is 14.9 Å². The van der Waals surface area contributed by atoms with Gasteiger partial charge >= 0.3 is 0 Å². The van der Waals surface area contributed by atoms with Gasteiger partial charge in [-0.15, -0.1) is 0 Å². The lowest BCUT2D eigenvalue weighted by molar-refractivity contribution is -0.385. The number of nitrogens with one attached hydrogen (secondary N) is 1. The van der Waals surface area contributed by atoms with Crippen LogP contribution in [0, 0.1) is 10.1 Å². The molecule has 9 nitrogen and oxygen atoms in total. The Morgan fingerprint density at radius 1 is 1.11 bits per heavy atom. The van der Waals surface area contributed by atoms with E-state index in [9.17, 15) is 18.5 Å². The molecule has 3 aromatic rings. The van der Waals surface area contributed by atoms with Gasteiger partial charge in [-0.05, 0) is 36.4 Å². The van der Waals surface area contributed by atoms with Crippen LogP contribution in [-0.4, -0.2) is 30.4 Å². The molecule has 0 spiro atoms. The summed E-state index contributed by atoms with van der Waals surface area (Å²) in [5.41, 5.74) is 1.61. The van der Waals surface area contributed by atoms with Crippen LogP contribution in [0.5, 0.6) is 5.75 Å². The van der Waals surface area contributed by atoms with Crippen LogP contribution >= 0.6 is 0 Å². The normalized spacial score (nSPS) is 11.2. The minimum absolute atomic E-state index is 0.0866. The number of rotatable bonds is 7. The predicted octanol–water partition coefficient (Wildman–Crippen LogP) is 2.54. The van der Waals surface area contributed by atoms with Crippen molar-refractivity contribution < 1.29 is 18.1 Å². The lowest BCUT2D eigenvalue weighted by Crippen LogP contribution is -2.23. The molecule has 0 unspecified atom stereocenters. The van der Waals surface area contributed by atoms with Crippen LogP contribution in [0.15, 0.2) is 65.8 Å². The highest BCUT2D eigenvalue weighted by Crippen LogP contribution is 2.21. The second kappa shape index (κ2) is 8.11. The number of nitro groups is 1. The van der Waals surface area contributed by atoms with Crippen molar-refractivity contribution in [3.8, 4) is 17.0 Å². The maximum absolute atomic E-state index is 12.4. The molecule has 1 heterocycles. The lowest BCUT2D eigenvalue weighted by atomic mass is 10.1. The van der Waals surface area contributed by atoms with Crippen LogP contribution in [0.25, 0.3) is 11.3 Å². The Morgan fingerprint density at radius 3 is 2.54 bits per heavy atom. The average Bonchev–Trinajstić information content (AvgIpc) is 2.73. The van der Waals surface area contributed by atoms with E-state index in [1.165, 1.54) is 24.5 Å².